The molecule has 39 heavy (non-hydrogen) atoms. The van der Waals surface area contributed by atoms with Crippen molar-refractivity contribution < 1.29 is 19.4 Å². The first-order valence-electron chi connectivity index (χ1n) is 13.0. The van der Waals surface area contributed by atoms with E-state index in [0.29, 0.717) is 33.1 Å². The molecule has 1 fully saturated rings. The van der Waals surface area contributed by atoms with Gasteiger partial charge in [0.05, 0.1) is 18.7 Å². The van der Waals surface area contributed by atoms with E-state index in [1.54, 1.807) is 37.4 Å². The number of carbonyl (C=O) groups excluding carboxylic acids is 2. The second-order valence-corrected chi connectivity index (χ2v) is 12.5. The lowest BCUT2D eigenvalue weighted by Crippen LogP contribution is -2.30. The maximum Gasteiger partial charge on any atom is 0.300 e. The molecule has 0 aromatic heterocycles. The van der Waals surface area contributed by atoms with Crippen molar-refractivity contribution in [3.63, 3.8) is 0 Å². The number of hydrogen-bond acceptors (Lipinski definition) is 4. The highest BCUT2D eigenvalue weighted by molar-refractivity contribution is 6.52. The van der Waals surface area contributed by atoms with E-state index >= 15 is 0 Å². The summed E-state index contributed by atoms with van der Waals surface area (Å²) in [5, 5.41) is 12.2. The maximum atomic E-state index is 13.6. The van der Waals surface area contributed by atoms with Gasteiger partial charge in [-0.25, -0.2) is 0 Å². The zero-order valence-corrected chi connectivity index (χ0v) is 24.6. The number of anilines is 1. The van der Waals surface area contributed by atoms with Crippen molar-refractivity contribution in [2.75, 3.05) is 12.0 Å². The number of aliphatic hydroxyl groups excluding tert-OH is 1. The van der Waals surface area contributed by atoms with Gasteiger partial charge in [-0.1, -0.05) is 83.5 Å². The van der Waals surface area contributed by atoms with Crippen LogP contribution in [0.4, 0.5) is 5.69 Å². The highest BCUT2D eigenvalue weighted by Crippen LogP contribution is 2.45. The quantitative estimate of drug-likeness (QED) is 0.206. The lowest BCUT2D eigenvalue weighted by molar-refractivity contribution is -0.132. The number of ketones is 1. The van der Waals surface area contributed by atoms with Crippen molar-refractivity contribution in [3.05, 3.63) is 99.1 Å². The molecule has 0 spiro atoms. The molecule has 1 N–H and O–H groups in total. The summed E-state index contributed by atoms with van der Waals surface area (Å²) in [7, 11) is 1.60. The number of ether oxygens (including phenoxy) is 1. The molecule has 1 amide bonds. The second-order valence-electron chi connectivity index (χ2n) is 12.1. The number of nitrogens with zero attached hydrogens (tertiary/aromatic N) is 1. The minimum absolute atomic E-state index is 0.0351. The van der Waals surface area contributed by atoms with Crippen LogP contribution in [0.25, 0.3) is 5.76 Å². The third-order valence-corrected chi connectivity index (χ3v) is 7.73. The van der Waals surface area contributed by atoms with Gasteiger partial charge in [-0.3, -0.25) is 14.5 Å². The van der Waals surface area contributed by atoms with Crippen LogP contribution in [-0.2, 0) is 20.4 Å². The lowest BCUT2D eigenvalue weighted by Gasteiger charge is -2.28. The molecule has 1 saturated heterocycles. The normalized spacial score (nSPS) is 17.6. The molecule has 4 rings (SSSR count). The standard InChI is InChI=1S/C33H36ClNO4/c1-19-24(34)10-9-11-25(19)35-28(20-12-15-22(16-13-20)32(2,3)4)27(30(37)31(35)38)29(36)21-14-17-26(39-8)23(18-21)33(5,6)7/h9-18,28,36H,1-8H3/b29-27+. The van der Waals surface area contributed by atoms with Gasteiger partial charge in [-0.2, -0.15) is 0 Å². The Balaban J connectivity index is 1.99. The van der Waals surface area contributed by atoms with E-state index in [2.05, 4.69) is 20.8 Å². The smallest absolute Gasteiger partial charge is 0.300 e. The summed E-state index contributed by atoms with van der Waals surface area (Å²) in [6, 6.07) is 17.6. The molecule has 5 nitrogen and oxygen atoms in total. The van der Waals surface area contributed by atoms with Crippen LogP contribution in [0.1, 0.15) is 75.4 Å². The average molecular weight is 546 g/mol. The van der Waals surface area contributed by atoms with Crippen molar-refractivity contribution in [3.8, 4) is 5.75 Å². The number of carbonyl (C=O) groups is 2. The van der Waals surface area contributed by atoms with Crippen LogP contribution >= 0.6 is 11.6 Å². The van der Waals surface area contributed by atoms with E-state index < -0.39 is 17.7 Å². The summed E-state index contributed by atoms with van der Waals surface area (Å²) < 4.78 is 5.56. The molecule has 0 aliphatic carbocycles. The van der Waals surface area contributed by atoms with E-state index in [0.717, 1.165) is 11.1 Å². The van der Waals surface area contributed by atoms with Crippen LogP contribution in [0.2, 0.25) is 5.02 Å². The van der Waals surface area contributed by atoms with Crippen LogP contribution in [-0.4, -0.2) is 23.9 Å². The van der Waals surface area contributed by atoms with Crippen LogP contribution in [0, 0.1) is 6.92 Å². The van der Waals surface area contributed by atoms with Crippen molar-refractivity contribution in [2.45, 2.75) is 65.3 Å². The first-order chi connectivity index (χ1) is 18.2. The molecule has 3 aromatic rings. The van der Waals surface area contributed by atoms with Crippen molar-refractivity contribution in [1.29, 1.82) is 0 Å². The van der Waals surface area contributed by atoms with Crippen molar-refractivity contribution in [2.24, 2.45) is 0 Å². The zero-order chi connectivity index (χ0) is 28.9. The highest BCUT2D eigenvalue weighted by Gasteiger charge is 2.47. The Morgan fingerprint density at radius 1 is 0.923 bits per heavy atom. The second kappa shape index (κ2) is 10.2. The summed E-state index contributed by atoms with van der Waals surface area (Å²) in [6.45, 7) is 14.3. The molecule has 6 heteroatoms. The van der Waals surface area contributed by atoms with E-state index in [1.807, 2.05) is 58.0 Å². The van der Waals surface area contributed by atoms with Gasteiger partial charge in [0.15, 0.2) is 0 Å². The van der Waals surface area contributed by atoms with E-state index in [4.69, 9.17) is 16.3 Å². The molecule has 204 valence electrons. The molecule has 1 atom stereocenters. The van der Waals surface area contributed by atoms with Crippen molar-refractivity contribution in [1.82, 2.24) is 0 Å². The summed E-state index contributed by atoms with van der Waals surface area (Å²) in [5.41, 5.74) is 4.03. The third-order valence-electron chi connectivity index (χ3n) is 7.32. The Labute approximate surface area is 236 Å². The first-order valence-corrected chi connectivity index (χ1v) is 13.4. The highest BCUT2D eigenvalue weighted by atomic mass is 35.5. The van der Waals surface area contributed by atoms with Gasteiger partial charge in [0.2, 0.25) is 0 Å². The average Bonchev–Trinajstić information content (AvgIpc) is 3.14. The Morgan fingerprint density at radius 2 is 1.56 bits per heavy atom. The Kier molecular flexibility index (Phi) is 7.44. The molecule has 1 aliphatic rings. The largest absolute Gasteiger partial charge is 0.507 e. The molecular formula is C33H36ClNO4. The number of rotatable bonds is 4. The van der Waals surface area contributed by atoms with E-state index in [-0.39, 0.29) is 22.2 Å². The SMILES string of the molecule is COc1ccc(/C(O)=C2\C(=O)C(=O)N(c3cccc(Cl)c3C)C2c2ccc(C(C)(C)C)cc2)cc1C(C)(C)C. The predicted molar refractivity (Wildman–Crippen MR) is 158 cm³/mol. The molecule has 3 aromatic carbocycles. The fourth-order valence-electron chi connectivity index (χ4n) is 5.02. The number of hydrogen-bond donors (Lipinski definition) is 1. The molecule has 1 unspecified atom stereocenters. The number of halogens is 1. The van der Waals surface area contributed by atoms with Gasteiger partial charge >= 0.3 is 0 Å². The number of Topliss-reactive ketones (excluding diaryl/α,β-unsaturated/α-hetero) is 1. The number of amides is 1. The van der Waals surface area contributed by atoms with Gasteiger partial charge in [-0.15, -0.1) is 0 Å². The van der Waals surface area contributed by atoms with E-state index in [1.165, 1.54) is 4.90 Å². The van der Waals surface area contributed by atoms with Crippen LogP contribution < -0.4 is 9.64 Å². The van der Waals surface area contributed by atoms with Crippen molar-refractivity contribution >= 4 is 34.7 Å². The number of methoxy groups -OCH3 is 1. The lowest BCUT2D eigenvalue weighted by atomic mass is 9.84. The fraction of sp³-hybridized carbons (Fsp3) is 0.333. The number of aliphatic hydroxyl groups is 1. The van der Waals surface area contributed by atoms with E-state index in [9.17, 15) is 14.7 Å². The molecule has 0 bridgehead atoms. The van der Waals surface area contributed by atoms with Gasteiger partial charge in [0.25, 0.3) is 11.7 Å². The fourth-order valence-corrected chi connectivity index (χ4v) is 5.19. The minimum atomic E-state index is -0.837. The van der Waals surface area contributed by atoms with Gasteiger partial charge < -0.3 is 9.84 Å². The predicted octanol–water partition coefficient (Wildman–Crippen LogP) is 7.88. The Morgan fingerprint density at radius 3 is 2.13 bits per heavy atom. The first kappa shape index (κ1) is 28.4. The Hall–Kier alpha value is -3.57. The molecular weight excluding hydrogens is 510 g/mol. The molecule has 0 saturated carbocycles. The monoisotopic (exact) mass is 545 g/mol. The summed E-state index contributed by atoms with van der Waals surface area (Å²) in [4.78, 5) is 28.7. The van der Waals surface area contributed by atoms with Gasteiger partial charge in [0.1, 0.15) is 11.5 Å². The van der Waals surface area contributed by atoms with Gasteiger partial charge in [-0.05, 0) is 64.8 Å². The minimum Gasteiger partial charge on any atom is -0.507 e. The summed E-state index contributed by atoms with van der Waals surface area (Å²) >= 11 is 6.43. The molecule has 0 radical (unpaired) electrons. The third kappa shape index (κ3) is 5.20. The number of benzene rings is 3. The van der Waals surface area contributed by atoms with Crippen LogP contribution in [0.3, 0.4) is 0 Å². The van der Waals surface area contributed by atoms with Gasteiger partial charge in [0, 0.05) is 21.8 Å². The van der Waals surface area contributed by atoms with Crippen LogP contribution in [0.5, 0.6) is 5.75 Å². The summed E-state index contributed by atoms with van der Waals surface area (Å²) in [6.07, 6.45) is 0. The van der Waals surface area contributed by atoms with Crippen LogP contribution in [0.15, 0.2) is 66.2 Å². The molecule has 1 heterocycles. The summed E-state index contributed by atoms with van der Waals surface area (Å²) in [5.74, 6) is -1.00. The zero-order valence-electron chi connectivity index (χ0n) is 23.8. The maximum absolute atomic E-state index is 13.6. The Bertz CT molecular complexity index is 1470. The molecule has 1 aliphatic heterocycles. The topological polar surface area (TPSA) is 66.8 Å².